The number of halogens is 3. The van der Waals surface area contributed by atoms with E-state index in [1.807, 2.05) is 18.7 Å². The summed E-state index contributed by atoms with van der Waals surface area (Å²) in [5, 5.41) is 2.56. The van der Waals surface area contributed by atoms with E-state index in [0.717, 1.165) is 29.9 Å². The van der Waals surface area contributed by atoms with Crippen LogP contribution in [0.1, 0.15) is 51.5 Å². The predicted octanol–water partition coefficient (Wildman–Crippen LogP) is 4.06. The van der Waals surface area contributed by atoms with Crippen molar-refractivity contribution in [3.8, 4) is 0 Å². The summed E-state index contributed by atoms with van der Waals surface area (Å²) in [6.45, 7) is 4.80. The number of nitrogens with zero attached hydrogens (tertiary/aromatic N) is 2. The molecule has 1 aromatic rings. The number of hydrogen-bond donors (Lipinski definition) is 1. The fourth-order valence-electron chi connectivity index (χ4n) is 4.53. The lowest BCUT2D eigenvalue weighted by molar-refractivity contribution is -0.140. The van der Waals surface area contributed by atoms with Crippen molar-refractivity contribution in [1.82, 2.24) is 4.90 Å². The summed E-state index contributed by atoms with van der Waals surface area (Å²) in [5.41, 5.74) is -0.297. The third-order valence-electron chi connectivity index (χ3n) is 6.20. The van der Waals surface area contributed by atoms with E-state index in [1.165, 1.54) is 6.07 Å². The van der Waals surface area contributed by atoms with Gasteiger partial charge >= 0.3 is 6.18 Å². The van der Waals surface area contributed by atoms with E-state index in [1.54, 1.807) is 0 Å². The van der Waals surface area contributed by atoms with Crippen molar-refractivity contribution >= 4 is 29.1 Å². The second-order valence-electron chi connectivity index (χ2n) is 8.03. The lowest BCUT2D eigenvalue weighted by Gasteiger charge is -2.25. The molecule has 9 heteroatoms. The van der Waals surface area contributed by atoms with Gasteiger partial charge in [-0.2, -0.15) is 13.2 Å². The second kappa shape index (κ2) is 9.28. The number of hydrogen-bond acceptors (Lipinski definition) is 4. The van der Waals surface area contributed by atoms with Gasteiger partial charge < -0.3 is 10.2 Å². The van der Waals surface area contributed by atoms with Crippen LogP contribution in [-0.2, 0) is 20.6 Å². The summed E-state index contributed by atoms with van der Waals surface area (Å²) >= 11 is 0. The van der Waals surface area contributed by atoms with E-state index in [0.29, 0.717) is 31.6 Å². The molecule has 0 radical (unpaired) electrons. The monoisotopic (exact) mass is 439 g/mol. The summed E-state index contributed by atoms with van der Waals surface area (Å²) in [6, 6.07) is 3.27. The zero-order valence-electron chi connectivity index (χ0n) is 17.8. The molecule has 170 valence electrons. The van der Waals surface area contributed by atoms with Crippen LogP contribution in [0.3, 0.4) is 0 Å². The van der Waals surface area contributed by atoms with E-state index >= 15 is 0 Å². The molecule has 1 aromatic carbocycles. The number of imide groups is 1. The molecule has 1 aliphatic carbocycles. The molecule has 1 saturated carbocycles. The van der Waals surface area contributed by atoms with Gasteiger partial charge in [-0.15, -0.1) is 0 Å². The normalized spacial score (nSPS) is 21.3. The van der Waals surface area contributed by atoms with Gasteiger partial charge in [0.15, 0.2) is 0 Å². The van der Waals surface area contributed by atoms with Crippen LogP contribution in [0, 0.1) is 11.8 Å². The Morgan fingerprint density at radius 1 is 1.10 bits per heavy atom. The predicted molar refractivity (Wildman–Crippen MR) is 110 cm³/mol. The van der Waals surface area contributed by atoms with Crippen LogP contribution in [0.5, 0.6) is 0 Å². The molecule has 1 heterocycles. The molecule has 2 atom stereocenters. The zero-order chi connectivity index (χ0) is 22.8. The molecule has 1 aliphatic heterocycles. The third-order valence-corrected chi connectivity index (χ3v) is 6.20. The highest BCUT2D eigenvalue weighted by Gasteiger charge is 2.47. The van der Waals surface area contributed by atoms with Crippen LogP contribution in [-0.4, -0.2) is 42.3 Å². The molecular weight excluding hydrogens is 411 g/mol. The number of nitrogens with one attached hydrogen (secondary N) is 1. The van der Waals surface area contributed by atoms with Crippen molar-refractivity contribution in [3.05, 3.63) is 23.8 Å². The van der Waals surface area contributed by atoms with Crippen molar-refractivity contribution < 1.29 is 27.6 Å². The Bertz CT molecular complexity index is 828. The third kappa shape index (κ3) is 4.85. The van der Waals surface area contributed by atoms with Crippen LogP contribution < -0.4 is 10.2 Å². The number of likely N-dealkylation sites (tertiary alicyclic amines) is 1. The molecule has 31 heavy (non-hydrogen) atoms. The summed E-state index contributed by atoms with van der Waals surface area (Å²) < 4.78 is 39.5. The lowest BCUT2D eigenvalue weighted by Crippen LogP contribution is -2.34. The van der Waals surface area contributed by atoms with Gasteiger partial charge in [0.2, 0.25) is 17.7 Å². The van der Waals surface area contributed by atoms with Gasteiger partial charge in [0.25, 0.3) is 0 Å². The molecule has 2 aliphatic rings. The van der Waals surface area contributed by atoms with Gasteiger partial charge in [0, 0.05) is 26.1 Å². The Morgan fingerprint density at radius 3 is 2.19 bits per heavy atom. The lowest BCUT2D eigenvalue weighted by atomic mass is 9.81. The van der Waals surface area contributed by atoms with Crippen molar-refractivity contribution in [2.24, 2.45) is 11.8 Å². The first kappa shape index (κ1) is 23.1. The minimum Gasteiger partial charge on any atom is -0.370 e. The maximum Gasteiger partial charge on any atom is 0.416 e. The minimum atomic E-state index is -4.54. The number of benzene rings is 1. The van der Waals surface area contributed by atoms with Crippen molar-refractivity contribution in [1.29, 1.82) is 0 Å². The standard InChI is InChI=1S/C22H28F3N3O3/c1-3-27(4-2)18-10-9-14(22(23,24)25)13-17(18)26-19(29)11-12-28-20(30)15-7-5-6-8-16(15)21(28)31/h9-10,13,15-16H,3-8,11-12H2,1-2H3,(H,26,29)/t15-,16+. The highest BCUT2D eigenvalue weighted by atomic mass is 19.4. The Labute approximate surface area is 179 Å². The SMILES string of the molecule is CCN(CC)c1ccc(C(F)(F)F)cc1NC(=O)CCN1C(=O)[C@H]2CCCC[C@H]2C1=O. The van der Waals surface area contributed by atoms with E-state index in [4.69, 9.17) is 0 Å². The molecule has 0 spiro atoms. The average Bonchev–Trinajstić information content (AvgIpc) is 2.98. The largest absolute Gasteiger partial charge is 0.416 e. The second-order valence-corrected chi connectivity index (χ2v) is 8.03. The van der Waals surface area contributed by atoms with Crippen LogP contribution in [0.25, 0.3) is 0 Å². The average molecular weight is 439 g/mol. The van der Waals surface area contributed by atoms with E-state index in [9.17, 15) is 27.6 Å². The summed E-state index contributed by atoms with van der Waals surface area (Å²) in [7, 11) is 0. The van der Waals surface area contributed by atoms with E-state index in [2.05, 4.69) is 5.32 Å². The fraction of sp³-hybridized carbons (Fsp3) is 0.591. The zero-order valence-corrected chi connectivity index (χ0v) is 17.8. The summed E-state index contributed by atoms with van der Waals surface area (Å²) in [6.07, 6.45) is -1.49. The van der Waals surface area contributed by atoms with Gasteiger partial charge in [0.05, 0.1) is 28.8 Å². The number of anilines is 2. The first-order valence-corrected chi connectivity index (χ1v) is 10.8. The molecule has 2 fully saturated rings. The Hall–Kier alpha value is -2.58. The summed E-state index contributed by atoms with van der Waals surface area (Å²) in [5.74, 6) is -1.58. The topological polar surface area (TPSA) is 69.7 Å². The van der Waals surface area contributed by atoms with Crippen LogP contribution in [0.2, 0.25) is 0 Å². The van der Waals surface area contributed by atoms with Crippen LogP contribution in [0.4, 0.5) is 24.5 Å². The van der Waals surface area contributed by atoms with Crippen molar-refractivity contribution in [2.75, 3.05) is 29.9 Å². The highest BCUT2D eigenvalue weighted by molar-refractivity contribution is 6.05. The fourth-order valence-corrected chi connectivity index (χ4v) is 4.53. The first-order chi connectivity index (χ1) is 14.7. The smallest absolute Gasteiger partial charge is 0.370 e. The van der Waals surface area contributed by atoms with Crippen LogP contribution >= 0.6 is 0 Å². The van der Waals surface area contributed by atoms with Crippen molar-refractivity contribution in [3.63, 3.8) is 0 Å². The first-order valence-electron chi connectivity index (χ1n) is 10.8. The van der Waals surface area contributed by atoms with Gasteiger partial charge in [-0.25, -0.2) is 0 Å². The highest BCUT2D eigenvalue weighted by Crippen LogP contribution is 2.38. The Morgan fingerprint density at radius 2 is 1.68 bits per heavy atom. The number of rotatable bonds is 7. The maximum absolute atomic E-state index is 13.2. The maximum atomic E-state index is 13.2. The molecular formula is C22H28F3N3O3. The number of amides is 3. The molecule has 0 bridgehead atoms. The molecule has 1 N–H and O–H groups in total. The molecule has 3 amide bonds. The molecule has 1 saturated heterocycles. The molecule has 6 nitrogen and oxygen atoms in total. The molecule has 0 aromatic heterocycles. The minimum absolute atomic E-state index is 0.0595. The summed E-state index contributed by atoms with van der Waals surface area (Å²) in [4.78, 5) is 40.6. The molecule has 0 unspecified atom stereocenters. The van der Waals surface area contributed by atoms with Gasteiger partial charge in [-0.05, 0) is 44.9 Å². The number of carbonyl (C=O) groups excluding carboxylic acids is 3. The van der Waals surface area contributed by atoms with Crippen molar-refractivity contribution in [2.45, 2.75) is 52.1 Å². The van der Waals surface area contributed by atoms with Gasteiger partial charge in [-0.1, -0.05) is 12.8 Å². The quantitative estimate of drug-likeness (QED) is 0.651. The van der Waals surface area contributed by atoms with Crippen LogP contribution in [0.15, 0.2) is 18.2 Å². The number of alkyl halides is 3. The Balaban J connectivity index is 1.72. The van der Waals surface area contributed by atoms with Gasteiger partial charge in [0.1, 0.15) is 0 Å². The van der Waals surface area contributed by atoms with E-state index in [-0.39, 0.29) is 42.3 Å². The number of fused-ring (bicyclic) bond motifs is 1. The molecule has 3 rings (SSSR count). The van der Waals surface area contributed by atoms with Gasteiger partial charge in [-0.3, -0.25) is 19.3 Å². The van der Waals surface area contributed by atoms with E-state index < -0.39 is 17.6 Å². The Kier molecular flexibility index (Phi) is 6.91. The number of carbonyl (C=O) groups is 3.